The number of benzene rings is 1. The summed E-state index contributed by atoms with van der Waals surface area (Å²) in [6.07, 6.45) is 0.142. The highest BCUT2D eigenvalue weighted by molar-refractivity contribution is 9.10. The predicted molar refractivity (Wildman–Crippen MR) is 70.4 cm³/mol. The van der Waals surface area contributed by atoms with Crippen LogP contribution in [-0.4, -0.2) is 23.7 Å². The van der Waals surface area contributed by atoms with E-state index in [0.29, 0.717) is 5.56 Å². The summed E-state index contributed by atoms with van der Waals surface area (Å²) in [6, 6.07) is 6.67. The number of rotatable bonds is 5. The van der Waals surface area contributed by atoms with Gasteiger partial charge in [-0.2, -0.15) is 0 Å². The maximum atomic E-state index is 12.0. The van der Waals surface area contributed by atoms with Crippen molar-refractivity contribution in [3.05, 3.63) is 34.3 Å². The summed E-state index contributed by atoms with van der Waals surface area (Å²) in [5.74, 6) is -1.91. The number of ether oxygens (including phenoxy) is 1. The van der Waals surface area contributed by atoms with Crippen molar-refractivity contribution in [3.63, 3.8) is 0 Å². The van der Waals surface area contributed by atoms with E-state index in [4.69, 9.17) is 4.74 Å². The molecule has 0 fully saturated rings. The summed E-state index contributed by atoms with van der Waals surface area (Å²) < 4.78 is 5.74. The Kier molecular flexibility index (Phi) is 4.90. The molecule has 5 heteroatoms. The molecule has 0 heterocycles. The summed E-state index contributed by atoms with van der Waals surface area (Å²) in [4.78, 5) is 23.5. The normalized spacial score (nSPS) is 13.7. The second-order valence-corrected chi connectivity index (χ2v) is 4.71. The van der Waals surface area contributed by atoms with E-state index in [9.17, 15) is 14.7 Å². The molecule has 18 heavy (non-hydrogen) atoms. The molecule has 1 aromatic rings. The van der Waals surface area contributed by atoms with Crippen LogP contribution in [0.1, 0.15) is 25.8 Å². The number of carbonyl (C=O) groups is 2. The minimum atomic E-state index is -1.63. The van der Waals surface area contributed by atoms with Crippen molar-refractivity contribution in [1.29, 1.82) is 0 Å². The molecule has 0 aliphatic rings. The van der Waals surface area contributed by atoms with Gasteiger partial charge in [0.05, 0.1) is 6.61 Å². The first-order valence-corrected chi connectivity index (χ1v) is 6.45. The summed E-state index contributed by atoms with van der Waals surface area (Å²) in [7, 11) is 0. The molecule has 0 aromatic heterocycles. The summed E-state index contributed by atoms with van der Waals surface area (Å²) in [5.41, 5.74) is -1.20. The molecule has 0 bridgehead atoms. The number of carboxylic acids is 1. The van der Waals surface area contributed by atoms with Crippen LogP contribution in [0.2, 0.25) is 0 Å². The minimum absolute atomic E-state index is 0.142. The van der Waals surface area contributed by atoms with Gasteiger partial charge in [0.1, 0.15) is 0 Å². The van der Waals surface area contributed by atoms with Gasteiger partial charge in [-0.15, -0.1) is 0 Å². The van der Waals surface area contributed by atoms with Crippen LogP contribution in [0.4, 0.5) is 0 Å². The lowest BCUT2D eigenvalue weighted by molar-refractivity contribution is -0.161. The SMILES string of the molecule is CCOC(=O)C(CC)(C(=O)O)c1ccc(Br)cc1. The molecule has 0 aliphatic carbocycles. The van der Waals surface area contributed by atoms with Gasteiger partial charge in [0.25, 0.3) is 0 Å². The van der Waals surface area contributed by atoms with Gasteiger partial charge in [0, 0.05) is 4.47 Å². The van der Waals surface area contributed by atoms with Crippen molar-refractivity contribution in [2.24, 2.45) is 0 Å². The van der Waals surface area contributed by atoms with E-state index in [1.807, 2.05) is 0 Å². The molecule has 0 aliphatic heterocycles. The van der Waals surface area contributed by atoms with Crippen molar-refractivity contribution in [1.82, 2.24) is 0 Å². The lowest BCUT2D eigenvalue weighted by Gasteiger charge is -2.26. The first-order valence-electron chi connectivity index (χ1n) is 5.65. The van der Waals surface area contributed by atoms with Gasteiger partial charge in [-0.05, 0) is 31.0 Å². The van der Waals surface area contributed by atoms with Crippen molar-refractivity contribution >= 4 is 27.9 Å². The Bertz CT molecular complexity index is 441. The van der Waals surface area contributed by atoms with Gasteiger partial charge < -0.3 is 9.84 Å². The molecule has 1 unspecified atom stereocenters. The second-order valence-electron chi connectivity index (χ2n) is 3.79. The Morgan fingerprint density at radius 1 is 1.28 bits per heavy atom. The Balaban J connectivity index is 3.31. The van der Waals surface area contributed by atoms with E-state index >= 15 is 0 Å². The van der Waals surface area contributed by atoms with Crippen LogP contribution in [0.25, 0.3) is 0 Å². The molecule has 0 amide bonds. The van der Waals surface area contributed by atoms with Crippen LogP contribution < -0.4 is 0 Å². The van der Waals surface area contributed by atoms with Crippen LogP contribution in [0.5, 0.6) is 0 Å². The van der Waals surface area contributed by atoms with E-state index < -0.39 is 17.4 Å². The number of aliphatic carboxylic acids is 1. The highest BCUT2D eigenvalue weighted by Gasteiger charge is 2.47. The Morgan fingerprint density at radius 3 is 2.22 bits per heavy atom. The number of carbonyl (C=O) groups excluding carboxylic acids is 1. The van der Waals surface area contributed by atoms with Crippen LogP contribution in [0.3, 0.4) is 0 Å². The number of hydrogen-bond acceptors (Lipinski definition) is 3. The molecule has 0 radical (unpaired) electrons. The van der Waals surface area contributed by atoms with Crippen LogP contribution in [0.15, 0.2) is 28.7 Å². The van der Waals surface area contributed by atoms with Crippen LogP contribution in [0, 0.1) is 0 Å². The first-order chi connectivity index (χ1) is 8.48. The van der Waals surface area contributed by atoms with Crippen LogP contribution in [-0.2, 0) is 19.7 Å². The molecule has 4 nitrogen and oxygen atoms in total. The van der Waals surface area contributed by atoms with Gasteiger partial charge in [-0.25, -0.2) is 0 Å². The lowest BCUT2D eigenvalue weighted by Crippen LogP contribution is -2.44. The van der Waals surface area contributed by atoms with Gasteiger partial charge in [0.15, 0.2) is 5.41 Å². The largest absolute Gasteiger partial charge is 0.480 e. The third-order valence-corrected chi connectivity index (χ3v) is 3.39. The third kappa shape index (κ3) is 2.56. The van der Waals surface area contributed by atoms with E-state index in [0.717, 1.165) is 4.47 Å². The fraction of sp³-hybridized carbons (Fsp3) is 0.385. The topological polar surface area (TPSA) is 63.6 Å². The Hall–Kier alpha value is -1.36. The molecule has 1 N–H and O–H groups in total. The van der Waals surface area contributed by atoms with Crippen molar-refractivity contribution in [2.45, 2.75) is 25.7 Å². The smallest absolute Gasteiger partial charge is 0.328 e. The molecule has 0 saturated heterocycles. The quantitative estimate of drug-likeness (QED) is 0.670. The zero-order chi connectivity index (χ0) is 13.8. The van der Waals surface area contributed by atoms with Gasteiger partial charge in [-0.3, -0.25) is 9.59 Å². The molecule has 98 valence electrons. The van der Waals surface area contributed by atoms with Crippen LogP contribution >= 0.6 is 15.9 Å². The molecule has 0 saturated carbocycles. The van der Waals surface area contributed by atoms with E-state index in [1.165, 1.54) is 0 Å². The second kappa shape index (κ2) is 6.00. The highest BCUT2D eigenvalue weighted by atomic mass is 79.9. The number of hydrogen-bond donors (Lipinski definition) is 1. The van der Waals surface area contributed by atoms with Gasteiger partial charge in [-0.1, -0.05) is 35.0 Å². The summed E-state index contributed by atoms with van der Waals surface area (Å²) in [6.45, 7) is 3.47. The molecule has 1 atom stereocenters. The maximum Gasteiger partial charge on any atom is 0.328 e. The fourth-order valence-electron chi connectivity index (χ4n) is 1.82. The number of esters is 1. The fourth-order valence-corrected chi connectivity index (χ4v) is 2.08. The van der Waals surface area contributed by atoms with Gasteiger partial charge in [0.2, 0.25) is 0 Å². The third-order valence-electron chi connectivity index (χ3n) is 2.86. The highest BCUT2D eigenvalue weighted by Crippen LogP contribution is 2.31. The number of carboxylic acid groups (broad SMARTS) is 1. The molecular formula is C13H15BrO4. The first kappa shape index (κ1) is 14.7. The Morgan fingerprint density at radius 2 is 1.83 bits per heavy atom. The lowest BCUT2D eigenvalue weighted by atomic mass is 9.78. The van der Waals surface area contributed by atoms with E-state index in [1.54, 1.807) is 38.1 Å². The average Bonchev–Trinajstić information content (AvgIpc) is 2.33. The molecule has 1 rings (SSSR count). The molecule has 0 spiro atoms. The van der Waals surface area contributed by atoms with E-state index in [-0.39, 0.29) is 13.0 Å². The summed E-state index contributed by atoms with van der Waals surface area (Å²) >= 11 is 3.28. The molecular weight excluding hydrogens is 300 g/mol. The Labute approximate surface area is 114 Å². The molecule has 1 aromatic carbocycles. The summed E-state index contributed by atoms with van der Waals surface area (Å²) in [5, 5.41) is 9.43. The predicted octanol–water partition coefficient (Wildman–Crippen LogP) is 2.74. The zero-order valence-electron chi connectivity index (χ0n) is 10.3. The van der Waals surface area contributed by atoms with E-state index in [2.05, 4.69) is 15.9 Å². The average molecular weight is 315 g/mol. The zero-order valence-corrected chi connectivity index (χ0v) is 11.9. The van der Waals surface area contributed by atoms with Gasteiger partial charge >= 0.3 is 11.9 Å². The monoisotopic (exact) mass is 314 g/mol. The standard InChI is InChI=1S/C13H15BrO4/c1-3-13(11(15)16,12(17)18-4-2)9-5-7-10(14)8-6-9/h5-8H,3-4H2,1-2H3,(H,15,16). The minimum Gasteiger partial charge on any atom is -0.480 e. The van der Waals surface area contributed by atoms with Crippen molar-refractivity contribution < 1.29 is 19.4 Å². The number of halogens is 1. The van der Waals surface area contributed by atoms with Crippen molar-refractivity contribution in [3.8, 4) is 0 Å². The van der Waals surface area contributed by atoms with Crippen molar-refractivity contribution in [2.75, 3.05) is 6.61 Å². The maximum absolute atomic E-state index is 12.0.